The van der Waals surface area contributed by atoms with Crippen LogP contribution in [0.2, 0.25) is 0 Å². The molecule has 0 saturated heterocycles. The van der Waals surface area contributed by atoms with E-state index in [-0.39, 0.29) is 0 Å². The molecule has 0 radical (unpaired) electrons. The third-order valence-corrected chi connectivity index (χ3v) is 4.02. The number of hydrogen-bond acceptors (Lipinski definition) is 3. The highest BCUT2D eigenvalue weighted by molar-refractivity contribution is 9.10. The van der Waals surface area contributed by atoms with Crippen LogP contribution in [-0.2, 0) is 4.79 Å². The molecule has 0 aliphatic rings. The minimum atomic E-state index is -0.886. The standard InChI is InChI=1S/C15H18BrN3O2/c1-3-19(4-2)12(15(20)21)11-13(16)18-14(17-11)10-8-6-5-7-9-10/h5-9,12H,3-4H2,1-2H3,(H,17,18)(H,20,21). The number of carbonyl (C=O) groups is 1. The van der Waals surface area contributed by atoms with Crippen molar-refractivity contribution < 1.29 is 9.90 Å². The van der Waals surface area contributed by atoms with Gasteiger partial charge in [0.1, 0.15) is 10.4 Å². The van der Waals surface area contributed by atoms with Crippen molar-refractivity contribution >= 4 is 21.9 Å². The number of nitrogens with zero attached hydrogens (tertiary/aromatic N) is 2. The lowest BCUT2D eigenvalue weighted by Gasteiger charge is -2.25. The summed E-state index contributed by atoms with van der Waals surface area (Å²) in [5.41, 5.74) is 1.50. The van der Waals surface area contributed by atoms with Crippen LogP contribution in [-0.4, -0.2) is 39.0 Å². The molecule has 1 unspecified atom stereocenters. The number of aromatic nitrogens is 2. The number of carboxylic acids is 1. The van der Waals surface area contributed by atoms with E-state index in [0.29, 0.717) is 29.2 Å². The largest absolute Gasteiger partial charge is 0.480 e. The van der Waals surface area contributed by atoms with E-state index < -0.39 is 12.0 Å². The first-order valence-corrected chi connectivity index (χ1v) is 7.65. The number of rotatable bonds is 6. The zero-order valence-electron chi connectivity index (χ0n) is 12.0. The van der Waals surface area contributed by atoms with Crippen molar-refractivity contribution in [2.75, 3.05) is 13.1 Å². The lowest BCUT2D eigenvalue weighted by molar-refractivity contribution is -0.143. The molecule has 112 valence electrons. The summed E-state index contributed by atoms with van der Waals surface area (Å²) in [6.45, 7) is 5.20. The number of hydrogen-bond donors (Lipinski definition) is 2. The second kappa shape index (κ2) is 6.87. The number of aliphatic carboxylic acids is 1. The Morgan fingerprint density at radius 2 is 1.95 bits per heavy atom. The van der Waals surface area contributed by atoms with E-state index in [1.165, 1.54) is 0 Å². The van der Waals surface area contributed by atoms with Gasteiger partial charge in [-0.15, -0.1) is 0 Å². The Kier molecular flexibility index (Phi) is 5.14. The first kappa shape index (κ1) is 15.7. The number of H-pyrrole nitrogens is 1. The first-order valence-electron chi connectivity index (χ1n) is 6.86. The predicted molar refractivity (Wildman–Crippen MR) is 85.0 cm³/mol. The summed E-state index contributed by atoms with van der Waals surface area (Å²) in [6.07, 6.45) is 0. The zero-order chi connectivity index (χ0) is 15.4. The molecule has 1 atom stereocenters. The number of benzene rings is 1. The molecule has 1 heterocycles. The van der Waals surface area contributed by atoms with Gasteiger partial charge < -0.3 is 10.1 Å². The van der Waals surface area contributed by atoms with Crippen LogP contribution < -0.4 is 0 Å². The summed E-state index contributed by atoms with van der Waals surface area (Å²) in [5.74, 6) is -0.224. The normalized spacial score (nSPS) is 12.6. The fourth-order valence-electron chi connectivity index (χ4n) is 2.33. The van der Waals surface area contributed by atoms with E-state index in [4.69, 9.17) is 0 Å². The lowest BCUT2D eigenvalue weighted by atomic mass is 10.2. The molecular weight excluding hydrogens is 334 g/mol. The Balaban J connectivity index is 2.43. The van der Waals surface area contributed by atoms with Gasteiger partial charge in [0.05, 0.1) is 5.69 Å². The number of nitrogens with one attached hydrogen (secondary N) is 1. The topological polar surface area (TPSA) is 69.2 Å². The molecule has 0 fully saturated rings. The molecule has 1 aromatic carbocycles. The molecule has 6 heteroatoms. The van der Waals surface area contributed by atoms with Crippen LogP contribution in [0, 0.1) is 0 Å². The van der Waals surface area contributed by atoms with Crippen LogP contribution in [0.15, 0.2) is 34.9 Å². The highest BCUT2D eigenvalue weighted by Crippen LogP contribution is 2.29. The summed E-state index contributed by atoms with van der Waals surface area (Å²) < 4.78 is 0.542. The van der Waals surface area contributed by atoms with Gasteiger partial charge >= 0.3 is 5.97 Å². The van der Waals surface area contributed by atoms with Crippen LogP contribution in [0.25, 0.3) is 11.4 Å². The molecule has 0 bridgehead atoms. The van der Waals surface area contributed by atoms with E-state index in [9.17, 15) is 9.90 Å². The van der Waals surface area contributed by atoms with Crippen molar-refractivity contribution in [2.24, 2.45) is 0 Å². The number of likely N-dealkylation sites (N-methyl/N-ethyl adjacent to an activating group) is 1. The van der Waals surface area contributed by atoms with Gasteiger partial charge in [-0.2, -0.15) is 0 Å². The molecule has 0 amide bonds. The monoisotopic (exact) mass is 351 g/mol. The van der Waals surface area contributed by atoms with Crippen molar-refractivity contribution in [3.63, 3.8) is 0 Å². The van der Waals surface area contributed by atoms with Crippen LogP contribution in [0.3, 0.4) is 0 Å². The molecule has 21 heavy (non-hydrogen) atoms. The summed E-state index contributed by atoms with van der Waals surface area (Å²) >= 11 is 3.38. The Hall–Kier alpha value is -1.66. The minimum Gasteiger partial charge on any atom is -0.480 e. The van der Waals surface area contributed by atoms with Crippen LogP contribution in [0.4, 0.5) is 0 Å². The van der Waals surface area contributed by atoms with Gasteiger partial charge in [0.25, 0.3) is 0 Å². The fraction of sp³-hybridized carbons (Fsp3) is 0.333. The molecule has 0 aliphatic carbocycles. The molecule has 0 aliphatic heterocycles. The molecule has 5 nitrogen and oxygen atoms in total. The van der Waals surface area contributed by atoms with Gasteiger partial charge in [-0.1, -0.05) is 44.2 Å². The Morgan fingerprint density at radius 3 is 2.48 bits per heavy atom. The van der Waals surface area contributed by atoms with Crippen molar-refractivity contribution in [2.45, 2.75) is 19.9 Å². The molecule has 2 N–H and O–H groups in total. The second-order valence-electron chi connectivity index (χ2n) is 4.62. The lowest BCUT2D eigenvalue weighted by Crippen LogP contribution is -2.34. The quantitative estimate of drug-likeness (QED) is 0.837. The maximum Gasteiger partial charge on any atom is 0.327 e. The van der Waals surface area contributed by atoms with E-state index >= 15 is 0 Å². The van der Waals surface area contributed by atoms with Gasteiger partial charge in [0.15, 0.2) is 6.04 Å². The number of imidazole rings is 1. The second-order valence-corrected chi connectivity index (χ2v) is 5.37. The maximum absolute atomic E-state index is 11.6. The Labute approximate surface area is 132 Å². The van der Waals surface area contributed by atoms with Crippen LogP contribution in [0.1, 0.15) is 25.6 Å². The smallest absolute Gasteiger partial charge is 0.327 e. The van der Waals surface area contributed by atoms with Gasteiger partial charge in [-0.3, -0.25) is 9.69 Å². The zero-order valence-corrected chi connectivity index (χ0v) is 13.6. The molecular formula is C15H18BrN3O2. The molecule has 0 saturated carbocycles. The SMILES string of the molecule is CCN(CC)C(C(=O)O)c1[nH]c(-c2ccccc2)nc1Br. The summed E-state index contributed by atoms with van der Waals surface area (Å²) in [4.78, 5) is 21.1. The molecule has 0 spiro atoms. The van der Waals surface area contributed by atoms with E-state index in [2.05, 4.69) is 25.9 Å². The third-order valence-electron chi connectivity index (χ3n) is 3.42. The van der Waals surface area contributed by atoms with Crippen molar-refractivity contribution in [3.8, 4) is 11.4 Å². The van der Waals surface area contributed by atoms with Gasteiger partial charge in [0, 0.05) is 5.56 Å². The minimum absolute atomic E-state index is 0.542. The third kappa shape index (κ3) is 3.33. The Bertz CT molecular complexity index is 609. The molecule has 1 aromatic heterocycles. The molecule has 2 rings (SSSR count). The Morgan fingerprint density at radius 1 is 1.33 bits per heavy atom. The maximum atomic E-state index is 11.6. The average Bonchev–Trinajstić information content (AvgIpc) is 2.86. The van der Waals surface area contributed by atoms with Gasteiger partial charge in [0.2, 0.25) is 0 Å². The van der Waals surface area contributed by atoms with Crippen molar-refractivity contribution in [3.05, 3.63) is 40.6 Å². The summed E-state index contributed by atoms with van der Waals surface area (Å²) in [7, 11) is 0. The number of aromatic amines is 1. The van der Waals surface area contributed by atoms with Gasteiger partial charge in [-0.05, 0) is 29.0 Å². The van der Waals surface area contributed by atoms with E-state index in [1.807, 2.05) is 49.1 Å². The van der Waals surface area contributed by atoms with Gasteiger partial charge in [-0.25, -0.2) is 4.98 Å². The van der Waals surface area contributed by atoms with Crippen molar-refractivity contribution in [1.82, 2.24) is 14.9 Å². The fourth-order valence-corrected chi connectivity index (χ4v) is 2.82. The van der Waals surface area contributed by atoms with Crippen LogP contribution >= 0.6 is 15.9 Å². The number of carboxylic acid groups (broad SMARTS) is 1. The van der Waals surface area contributed by atoms with E-state index in [1.54, 1.807) is 0 Å². The van der Waals surface area contributed by atoms with E-state index in [0.717, 1.165) is 5.56 Å². The summed E-state index contributed by atoms with van der Waals surface area (Å²) in [5, 5.41) is 9.55. The molecule has 2 aromatic rings. The van der Waals surface area contributed by atoms with Crippen LogP contribution in [0.5, 0.6) is 0 Å². The average molecular weight is 352 g/mol. The summed E-state index contributed by atoms with van der Waals surface area (Å²) in [6, 6.07) is 8.90. The predicted octanol–water partition coefficient (Wildman–Crippen LogP) is 3.31. The first-order chi connectivity index (χ1) is 10.1. The highest BCUT2D eigenvalue weighted by atomic mass is 79.9. The van der Waals surface area contributed by atoms with Crippen molar-refractivity contribution in [1.29, 1.82) is 0 Å². The highest BCUT2D eigenvalue weighted by Gasteiger charge is 2.30. The number of halogens is 1.